The topological polar surface area (TPSA) is 119 Å². The Morgan fingerprint density at radius 1 is 1.11 bits per heavy atom. The summed E-state index contributed by atoms with van der Waals surface area (Å²) in [4.78, 5) is 21.1. The highest BCUT2D eigenvalue weighted by Gasteiger charge is 2.32. The highest BCUT2D eigenvalue weighted by molar-refractivity contribution is 5.95. The van der Waals surface area contributed by atoms with Gasteiger partial charge < -0.3 is 16.2 Å². The van der Waals surface area contributed by atoms with Crippen LogP contribution < -0.4 is 11.1 Å². The molecule has 2 aromatic carbocycles. The number of hydrogen-bond donors (Lipinski definition) is 3. The zero-order valence-corrected chi connectivity index (χ0v) is 18.8. The molecule has 0 aliphatic rings. The fraction of sp³-hybridized carbons (Fsp3) is 0.217. The largest absolute Gasteiger partial charge is 0.416 e. The molecule has 4 N–H and O–H groups in total. The molecule has 4 rings (SSSR count). The number of halogens is 4. The number of aliphatic hydroxyl groups is 1. The summed E-state index contributed by atoms with van der Waals surface area (Å²) in [7, 11) is 0. The van der Waals surface area contributed by atoms with E-state index in [2.05, 4.69) is 20.4 Å². The number of carbonyl (C=O) groups excluding carboxylic acids is 1. The van der Waals surface area contributed by atoms with Crippen LogP contribution in [0.3, 0.4) is 0 Å². The first-order valence-electron chi connectivity index (χ1n) is 10.3. The van der Waals surface area contributed by atoms with Crippen molar-refractivity contribution in [2.75, 3.05) is 11.1 Å². The molecular weight excluding hydrogens is 468 g/mol. The number of aliphatic hydroxyl groups excluding tert-OH is 1. The van der Waals surface area contributed by atoms with Gasteiger partial charge in [-0.3, -0.25) is 4.79 Å². The molecule has 0 radical (unpaired) electrons. The van der Waals surface area contributed by atoms with Crippen molar-refractivity contribution in [2.24, 2.45) is 0 Å². The fourth-order valence-corrected chi connectivity index (χ4v) is 3.74. The Morgan fingerprint density at radius 3 is 2.49 bits per heavy atom. The molecule has 2 heterocycles. The van der Waals surface area contributed by atoms with E-state index in [1.165, 1.54) is 6.07 Å². The molecule has 0 saturated carbocycles. The zero-order chi connectivity index (χ0) is 25.7. The van der Waals surface area contributed by atoms with Crippen molar-refractivity contribution in [3.63, 3.8) is 0 Å². The molecule has 1 unspecified atom stereocenters. The molecule has 0 aliphatic carbocycles. The first kappa shape index (κ1) is 24.1. The lowest BCUT2D eigenvalue weighted by Crippen LogP contribution is -2.21. The van der Waals surface area contributed by atoms with E-state index >= 15 is 0 Å². The van der Waals surface area contributed by atoms with Gasteiger partial charge in [0.1, 0.15) is 22.7 Å². The van der Waals surface area contributed by atoms with Crippen molar-refractivity contribution in [1.82, 2.24) is 19.7 Å². The summed E-state index contributed by atoms with van der Waals surface area (Å²) in [5.74, 6) is -1.49. The van der Waals surface area contributed by atoms with Crippen molar-refractivity contribution in [1.29, 1.82) is 0 Å². The van der Waals surface area contributed by atoms with Gasteiger partial charge in [-0.2, -0.15) is 18.3 Å². The number of nitrogens with two attached hydrogens (primary N) is 1. The van der Waals surface area contributed by atoms with E-state index in [9.17, 15) is 27.5 Å². The highest BCUT2D eigenvalue weighted by atomic mass is 19.4. The lowest BCUT2D eigenvalue weighted by Gasteiger charge is -2.15. The summed E-state index contributed by atoms with van der Waals surface area (Å²) >= 11 is 0. The molecule has 182 valence electrons. The van der Waals surface area contributed by atoms with Gasteiger partial charge in [-0.1, -0.05) is 0 Å². The second-order valence-electron chi connectivity index (χ2n) is 8.01. The minimum Gasteiger partial charge on any atom is -0.382 e. The van der Waals surface area contributed by atoms with Gasteiger partial charge in [0, 0.05) is 5.69 Å². The number of carbonyl (C=O) groups is 1. The quantitative estimate of drug-likeness (QED) is 0.372. The van der Waals surface area contributed by atoms with Gasteiger partial charge in [0.2, 0.25) is 0 Å². The number of benzene rings is 2. The maximum atomic E-state index is 13.7. The van der Waals surface area contributed by atoms with E-state index in [1.807, 2.05) is 0 Å². The van der Waals surface area contributed by atoms with E-state index in [-0.39, 0.29) is 17.6 Å². The van der Waals surface area contributed by atoms with Crippen LogP contribution in [-0.2, 0) is 11.0 Å². The average Bonchev–Trinajstić information content (AvgIpc) is 3.08. The highest BCUT2D eigenvalue weighted by Crippen LogP contribution is 2.32. The SMILES string of the molecule is Cc1nc(N)c2c(n1)c(C)nn2-c1ccc(NC(=O)C(O)c2cc(F)cc(C(F)(F)F)c2)cc1C. The Morgan fingerprint density at radius 2 is 1.83 bits per heavy atom. The third kappa shape index (κ3) is 4.64. The van der Waals surface area contributed by atoms with Crippen LogP contribution in [0.25, 0.3) is 16.7 Å². The summed E-state index contributed by atoms with van der Waals surface area (Å²) in [6.45, 7) is 5.25. The Balaban J connectivity index is 1.62. The minimum atomic E-state index is -4.83. The van der Waals surface area contributed by atoms with Crippen LogP contribution in [0.2, 0.25) is 0 Å². The van der Waals surface area contributed by atoms with Gasteiger partial charge in [0.05, 0.1) is 16.9 Å². The Labute approximate surface area is 196 Å². The first-order valence-corrected chi connectivity index (χ1v) is 10.3. The molecule has 8 nitrogen and oxygen atoms in total. The summed E-state index contributed by atoms with van der Waals surface area (Å²) < 4.78 is 54.1. The molecule has 1 amide bonds. The number of anilines is 2. The molecular formula is C23H20F4N6O2. The molecule has 0 aliphatic heterocycles. The summed E-state index contributed by atoms with van der Waals surface area (Å²) in [5.41, 5.74) is 7.58. The number of hydrogen-bond acceptors (Lipinski definition) is 6. The number of amides is 1. The van der Waals surface area contributed by atoms with E-state index in [4.69, 9.17) is 5.73 Å². The van der Waals surface area contributed by atoms with Crippen molar-refractivity contribution in [2.45, 2.75) is 33.1 Å². The van der Waals surface area contributed by atoms with Crippen LogP contribution >= 0.6 is 0 Å². The third-order valence-corrected chi connectivity index (χ3v) is 5.33. The Hall–Kier alpha value is -4.06. The monoisotopic (exact) mass is 488 g/mol. The van der Waals surface area contributed by atoms with Crippen molar-refractivity contribution in [3.8, 4) is 5.69 Å². The number of nitrogens with one attached hydrogen (secondary N) is 1. The second-order valence-corrected chi connectivity index (χ2v) is 8.01. The molecule has 4 aromatic rings. The molecule has 0 saturated heterocycles. The van der Waals surface area contributed by atoms with E-state index in [1.54, 1.807) is 37.6 Å². The van der Waals surface area contributed by atoms with Crippen LogP contribution in [-0.4, -0.2) is 30.8 Å². The number of fused-ring (bicyclic) bond motifs is 1. The van der Waals surface area contributed by atoms with Crippen molar-refractivity contribution < 1.29 is 27.5 Å². The molecule has 1 atom stereocenters. The van der Waals surface area contributed by atoms with Crippen LogP contribution in [0.5, 0.6) is 0 Å². The molecule has 0 spiro atoms. The fourth-order valence-electron chi connectivity index (χ4n) is 3.74. The standard InChI is InChI=1S/C23H20F4N6O2/c1-10-6-16(31-22(35)20(34)13-7-14(23(25,26)27)9-15(24)8-13)4-5-17(10)33-19-18(11(2)32-33)29-12(3)30-21(19)28/h4-9,20,34H,1-3H3,(H,31,35)(H2,28,29,30). The average molecular weight is 488 g/mol. The molecule has 2 aromatic heterocycles. The van der Waals surface area contributed by atoms with Gasteiger partial charge in [0.25, 0.3) is 5.91 Å². The zero-order valence-electron chi connectivity index (χ0n) is 18.8. The Kier molecular flexibility index (Phi) is 5.93. The van der Waals surface area contributed by atoms with E-state index in [0.29, 0.717) is 45.9 Å². The number of aryl methyl sites for hydroxylation is 3. The lowest BCUT2D eigenvalue weighted by atomic mass is 10.0. The lowest BCUT2D eigenvalue weighted by molar-refractivity contribution is -0.138. The van der Waals surface area contributed by atoms with Gasteiger partial charge in [-0.25, -0.2) is 19.0 Å². The summed E-state index contributed by atoms with van der Waals surface area (Å²) in [6, 6.07) is 6.24. The number of rotatable bonds is 4. The number of nitrogens with zero attached hydrogens (tertiary/aromatic N) is 4. The van der Waals surface area contributed by atoms with Gasteiger partial charge in [0.15, 0.2) is 11.9 Å². The van der Waals surface area contributed by atoms with E-state index in [0.717, 1.165) is 0 Å². The summed E-state index contributed by atoms with van der Waals surface area (Å²) in [6.07, 6.45) is -6.85. The molecule has 35 heavy (non-hydrogen) atoms. The number of alkyl halides is 3. The number of nitrogen functional groups attached to an aromatic ring is 1. The van der Waals surface area contributed by atoms with Crippen LogP contribution in [0.15, 0.2) is 36.4 Å². The van der Waals surface area contributed by atoms with Gasteiger partial charge in [-0.05, 0) is 68.3 Å². The van der Waals surface area contributed by atoms with Gasteiger partial charge in [-0.15, -0.1) is 0 Å². The van der Waals surface area contributed by atoms with Crippen LogP contribution in [0.4, 0.5) is 29.1 Å². The van der Waals surface area contributed by atoms with Crippen molar-refractivity contribution >= 4 is 28.4 Å². The smallest absolute Gasteiger partial charge is 0.382 e. The number of aromatic nitrogens is 4. The molecule has 0 fully saturated rings. The maximum absolute atomic E-state index is 13.7. The third-order valence-electron chi connectivity index (χ3n) is 5.33. The van der Waals surface area contributed by atoms with Gasteiger partial charge >= 0.3 is 6.18 Å². The normalized spacial score (nSPS) is 12.7. The van der Waals surface area contributed by atoms with Crippen LogP contribution in [0, 0.1) is 26.6 Å². The Bertz CT molecular complexity index is 1460. The molecule has 0 bridgehead atoms. The summed E-state index contributed by atoms with van der Waals surface area (Å²) in [5, 5.41) is 17.2. The molecule has 12 heteroatoms. The predicted molar refractivity (Wildman–Crippen MR) is 120 cm³/mol. The van der Waals surface area contributed by atoms with E-state index < -0.39 is 35.1 Å². The second kappa shape index (κ2) is 8.62. The first-order chi connectivity index (χ1) is 16.3. The van der Waals surface area contributed by atoms with Crippen molar-refractivity contribution in [3.05, 3.63) is 70.4 Å². The minimum absolute atomic E-state index is 0.251. The maximum Gasteiger partial charge on any atom is 0.416 e. The predicted octanol–water partition coefficient (Wildman–Crippen LogP) is 4.15. The van der Waals surface area contributed by atoms with Crippen LogP contribution in [0.1, 0.15) is 34.3 Å².